The van der Waals surface area contributed by atoms with Gasteiger partial charge in [-0.05, 0) is 26.7 Å². The van der Waals surface area contributed by atoms with Gasteiger partial charge in [0.1, 0.15) is 11.6 Å². The molecule has 106 valence electrons. The fourth-order valence-corrected chi connectivity index (χ4v) is 2.41. The molecule has 0 spiro atoms. The van der Waals surface area contributed by atoms with Crippen LogP contribution < -0.4 is 4.90 Å². The van der Waals surface area contributed by atoms with E-state index in [1.165, 1.54) is 6.42 Å². The predicted molar refractivity (Wildman–Crippen MR) is 77.7 cm³/mol. The van der Waals surface area contributed by atoms with Crippen LogP contribution in [0.25, 0.3) is 0 Å². The average Bonchev–Trinajstić information content (AvgIpc) is 2.88. The van der Waals surface area contributed by atoms with Crippen LogP contribution in [0.2, 0.25) is 0 Å². The highest BCUT2D eigenvalue weighted by Gasteiger charge is 2.20. The van der Waals surface area contributed by atoms with Crippen LogP contribution in [0.5, 0.6) is 0 Å². The standard InChI is InChI=1S/C15H25N3O/c1-5-18(10-13-7-6-8-19-13)14-9-12(4)16-15(17-14)11(2)3/h9,11,13H,5-8,10H2,1-4H3. The molecule has 2 heterocycles. The average molecular weight is 263 g/mol. The van der Waals surface area contributed by atoms with E-state index in [4.69, 9.17) is 9.72 Å². The van der Waals surface area contributed by atoms with Gasteiger partial charge in [0, 0.05) is 37.4 Å². The third kappa shape index (κ3) is 3.66. The summed E-state index contributed by atoms with van der Waals surface area (Å²) < 4.78 is 5.73. The van der Waals surface area contributed by atoms with Crippen LogP contribution in [-0.4, -0.2) is 35.8 Å². The number of rotatable bonds is 5. The molecule has 0 radical (unpaired) electrons. The van der Waals surface area contributed by atoms with Crippen LogP contribution in [-0.2, 0) is 4.74 Å². The number of hydrogen-bond donors (Lipinski definition) is 0. The van der Waals surface area contributed by atoms with Gasteiger partial charge >= 0.3 is 0 Å². The van der Waals surface area contributed by atoms with Gasteiger partial charge in [0.25, 0.3) is 0 Å². The van der Waals surface area contributed by atoms with Gasteiger partial charge in [0.15, 0.2) is 0 Å². The van der Waals surface area contributed by atoms with Gasteiger partial charge in [-0.15, -0.1) is 0 Å². The highest BCUT2D eigenvalue weighted by atomic mass is 16.5. The summed E-state index contributed by atoms with van der Waals surface area (Å²) >= 11 is 0. The van der Waals surface area contributed by atoms with Crippen LogP contribution in [0, 0.1) is 6.92 Å². The summed E-state index contributed by atoms with van der Waals surface area (Å²) in [6.07, 6.45) is 2.71. The normalized spacial score (nSPS) is 19.1. The molecule has 4 heteroatoms. The van der Waals surface area contributed by atoms with Crippen molar-refractivity contribution in [3.05, 3.63) is 17.6 Å². The van der Waals surface area contributed by atoms with Gasteiger partial charge in [-0.1, -0.05) is 13.8 Å². The number of likely N-dealkylation sites (N-methyl/N-ethyl adjacent to an activating group) is 1. The fraction of sp³-hybridized carbons (Fsp3) is 0.733. The van der Waals surface area contributed by atoms with Crippen molar-refractivity contribution >= 4 is 5.82 Å². The van der Waals surface area contributed by atoms with Crippen LogP contribution in [0.3, 0.4) is 0 Å². The molecule has 1 unspecified atom stereocenters. The zero-order valence-electron chi connectivity index (χ0n) is 12.5. The maximum Gasteiger partial charge on any atom is 0.133 e. The molecule has 0 aliphatic carbocycles. The van der Waals surface area contributed by atoms with E-state index >= 15 is 0 Å². The van der Waals surface area contributed by atoms with Crippen molar-refractivity contribution in [1.82, 2.24) is 9.97 Å². The summed E-state index contributed by atoms with van der Waals surface area (Å²) in [5.74, 6) is 2.33. The second-order valence-electron chi connectivity index (χ2n) is 5.55. The SMILES string of the molecule is CCN(CC1CCCO1)c1cc(C)nc(C(C)C)n1. The lowest BCUT2D eigenvalue weighted by molar-refractivity contribution is 0.115. The van der Waals surface area contributed by atoms with Crippen LogP contribution >= 0.6 is 0 Å². The molecule has 4 nitrogen and oxygen atoms in total. The van der Waals surface area contributed by atoms with Gasteiger partial charge in [0.05, 0.1) is 6.10 Å². The largest absolute Gasteiger partial charge is 0.376 e. The van der Waals surface area contributed by atoms with Gasteiger partial charge < -0.3 is 9.64 Å². The maximum absolute atomic E-state index is 5.73. The number of nitrogens with zero attached hydrogens (tertiary/aromatic N) is 3. The minimum absolute atomic E-state index is 0.359. The van der Waals surface area contributed by atoms with Crippen LogP contribution in [0.4, 0.5) is 5.82 Å². The zero-order chi connectivity index (χ0) is 13.8. The van der Waals surface area contributed by atoms with Gasteiger partial charge in [0.2, 0.25) is 0 Å². The number of ether oxygens (including phenoxy) is 1. The molecule has 1 aliphatic heterocycles. The third-order valence-corrected chi connectivity index (χ3v) is 3.53. The van der Waals surface area contributed by atoms with E-state index < -0.39 is 0 Å². The molecule has 1 fully saturated rings. The van der Waals surface area contributed by atoms with Gasteiger partial charge in [-0.3, -0.25) is 0 Å². The Kier molecular flexibility index (Phi) is 4.75. The molecule has 0 saturated carbocycles. The Morgan fingerprint density at radius 3 is 2.79 bits per heavy atom. The highest BCUT2D eigenvalue weighted by molar-refractivity contribution is 5.40. The second kappa shape index (κ2) is 6.33. The van der Waals surface area contributed by atoms with Crippen molar-refractivity contribution in [3.63, 3.8) is 0 Å². The lowest BCUT2D eigenvalue weighted by Crippen LogP contribution is -2.33. The molecular formula is C15H25N3O. The quantitative estimate of drug-likeness (QED) is 0.818. The summed E-state index contributed by atoms with van der Waals surface area (Å²) in [5, 5.41) is 0. The summed E-state index contributed by atoms with van der Waals surface area (Å²) in [4.78, 5) is 11.5. The lowest BCUT2D eigenvalue weighted by Gasteiger charge is -2.25. The van der Waals surface area contributed by atoms with Crippen molar-refractivity contribution in [1.29, 1.82) is 0 Å². The van der Waals surface area contributed by atoms with E-state index in [1.54, 1.807) is 0 Å². The fourth-order valence-electron chi connectivity index (χ4n) is 2.41. The zero-order valence-corrected chi connectivity index (χ0v) is 12.5. The Morgan fingerprint density at radius 1 is 1.42 bits per heavy atom. The van der Waals surface area contributed by atoms with E-state index in [1.807, 2.05) is 6.92 Å². The summed E-state index contributed by atoms with van der Waals surface area (Å²) in [7, 11) is 0. The Balaban J connectivity index is 2.16. The van der Waals surface area contributed by atoms with E-state index in [9.17, 15) is 0 Å². The Bertz CT molecular complexity index is 414. The van der Waals surface area contributed by atoms with Gasteiger partial charge in [-0.25, -0.2) is 9.97 Å². The van der Waals surface area contributed by atoms with E-state index in [-0.39, 0.29) is 0 Å². The number of hydrogen-bond acceptors (Lipinski definition) is 4. The molecule has 1 atom stereocenters. The molecular weight excluding hydrogens is 238 g/mol. The molecule has 2 rings (SSSR count). The first-order valence-corrected chi connectivity index (χ1v) is 7.32. The van der Waals surface area contributed by atoms with Crippen LogP contribution in [0.1, 0.15) is 51.0 Å². The van der Waals surface area contributed by atoms with Gasteiger partial charge in [-0.2, -0.15) is 0 Å². The topological polar surface area (TPSA) is 38.2 Å². The van der Waals surface area contributed by atoms with Crippen molar-refractivity contribution in [2.75, 3.05) is 24.6 Å². The third-order valence-electron chi connectivity index (χ3n) is 3.53. The smallest absolute Gasteiger partial charge is 0.133 e. The Hall–Kier alpha value is -1.16. The molecule has 1 aromatic rings. The minimum atomic E-state index is 0.359. The molecule has 1 saturated heterocycles. The molecule has 19 heavy (non-hydrogen) atoms. The molecule has 1 aromatic heterocycles. The van der Waals surface area contributed by atoms with Crippen molar-refractivity contribution in [2.24, 2.45) is 0 Å². The summed E-state index contributed by atoms with van der Waals surface area (Å²) in [5.41, 5.74) is 1.04. The number of anilines is 1. The number of aromatic nitrogens is 2. The lowest BCUT2D eigenvalue weighted by atomic mass is 10.2. The van der Waals surface area contributed by atoms with Crippen molar-refractivity contribution in [2.45, 2.75) is 52.6 Å². The first-order valence-electron chi connectivity index (χ1n) is 7.32. The maximum atomic E-state index is 5.73. The molecule has 0 aromatic carbocycles. The number of aryl methyl sites for hydroxylation is 1. The minimum Gasteiger partial charge on any atom is -0.376 e. The molecule has 0 bridgehead atoms. The molecule has 0 amide bonds. The highest BCUT2D eigenvalue weighted by Crippen LogP contribution is 2.20. The van der Waals surface area contributed by atoms with Crippen molar-refractivity contribution in [3.8, 4) is 0 Å². The monoisotopic (exact) mass is 263 g/mol. The molecule has 1 aliphatic rings. The van der Waals surface area contributed by atoms with Crippen LogP contribution in [0.15, 0.2) is 6.07 Å². The Labute approximate surface area is 116 Å². The van der Waals surface area contributed by atoms with E-state index in [0.717, 1.165) is 43.5 Å². The first kappa shape index (κ1) is 14.3. The van der Waals surface area contributed by atoms with E-state index in [0.29, 0.717) is 12.0 Å². The Morgan fingerprint density at radius 2 is 2.21 bits per heavy atom. The predicted octanol–water partition coefficient (Wildman–Crippen LogP) is 2.91. The summed E-state index contributed by atoms with van der Waals surface area (Å²) in [6, 6.07) is 2.07. The first-order chi connectivity index (χ1) is 9.10. The van der Waals surface area contributed by atoms with E-state index in [2.05, 4.69) is 36.7 Å². The van der Waals surface area contributed by atoms with Crippen molar-refractivity contribution < 1.29 is 4.74 Å². The second-order valence-corrected chi connectivity index (χ2v) is 5.55. The molecule has 0 N–H and O–H groups in total. The summed E-state index contributed by atoms with van der Waals surface area (Å²) in [6.45, 7) is 11.3.